The van der Waals surface area contributed by atoms with E-state index in [1.165, 1.54) is 11.2 Å². The van der Waals surface area contributed by atoms with Crippen LogP contribution < -0.4 is 0 Å². The summed E-state index contributed by atoms with van der Waals surface area (Å²) in [4.78, 5) is 25.3. The molecule has 8 heteroatoms. The van der Waals surface area contributed by atoms with Crippen LogP contribution in [0.4, 0.5) is 8.78 Å². The van der Waals surface area contributed by atoms with Crippen molar-refractivity contribution < 1.29 is 27.5 Å². The van der Waals surface area contributed by atoms with Crippen molar-refractivity contribution >= 4 is 11.9 Å². The fraction of sp³-hybridized carbons (Fsp3) is 0.235. The van der Waals surface area contributed by atoms with Gasteiger partial charge in [0.25, 0.3) is 5.91 Å². The Morgan fingerprint density at radius 3 is 2.56 bits per heavy atom. The normalized spacial score (nSPS) is 10.1. The molecule has 0 saturated heterocycles. The number of amides is 1. The summed E-state index contributed by atoms with van der Waals surface area (Å²) in [6.45, 7) is -0.384. The molecule has 6 nitrogen and oxygen atoms in total. The van der Waals surface area contributed by atoms with Gasteiger partial charge in [0, 0.05) is 12.6 Å². The van der Waals surface area contributed by atoms with E-state index in [4.69, 9.17) is 14.4 Å². The van der Waals surface area contributed by atoms with Gasteiger partial charge in [0.2, 0.25) is 0 Å². The molecule has 25 heavy (non-hydrogen) atoms. The number of rotatable bonds is 7. The molecule has 0 aliphatic carbocycles. The molecule has 1 aromatic carbocycles. The Morgan fingerprint density at radius 2 is 1.96 bits per heavy atom. The lowest BCUT2D eigenvalue weighted by Crippen LogP contribution is -2.35. The van der Waals surface area contributed by atoms with Crippen LogP contribution in [0.1, 0.15) is 22.5 Å². The Kier molecular flexibility index (Phi) is 6.23. The summed E-state index contributed by atoms with van der Waals surface area (Å²) in [7, 11) is 0. The molecule has 2 aromatic rings. The highest BCUT2D eigenvalue weighted by molar-refractivity contribution is 5.91. The van der Waals surface area contributed by atoms with Gasteiger partial charge in [0.15, 0.2) is 6.61 Å². The van der Waals surface area contributed by atoms with Crippen molar-refractivity contribution in [1.82, 2.24) is 4.90 Å². The zero-order chi connectivity index (χ0) is 18.2. The number of hydrogen-bond donors (Lipinski definition) is 0. The van der Waals surface area contributed by atoms with Crippen LogP contribution in [0.3, 0.4) is 0 Å². The van der Waals surface area contributed by atoms with Crippen LogP contribution in [-0.2, 0) is 16.1 Å². The van der Waals surface area contributed by atoms with E-state index in [9.17, 15) is 18.4 Å². The summed E-state index contributed by atoms with van der Waals surface area (Å²) in [5.41, 5.74) is -0.333. The summed E-state index contributed by atoms with van der Waals surface area (Å²) in [6, 6.07) is 7.48. The minimum absolute atomic E-state index is 0.0928. The molecule has 0 unspecified atom stereocenters. The largest absolute Gasteiger partial charge is 0.467 e. The zero-order valence-electron chi connectivity index (χ0n) is 13.1. The second-order valence-corrected chi connectivity index (χ2v) is 5.04. The summed E-state index contributed by atoms with van der Waals surface area (Å²) in [5, 5.41) is 8.67. The van der Waals surface area contributed by atoms with E-state index in [1.807, 2.05) is 6.07 Å². The average molecular weight is 348 g/mol. The predicted octanol–water partition coefficient (Wildman–Crippen LogP) is 2.66. The first kappa shape index (κ1) is 18.1. The lowest BCUT2D eigenvalue weighted by atomic mass is 10.2. The Labute approximate surface area is 142 Å². The van der Waals surface area contributed by atoms with Crippen LogP contribution in [0.5, 0.6) is 0 Å². The van der Waals surface area contributed by atoms with E-state index in [1.54, 1.807) is 12.1 Å². The minimum atomic E-state index is -1.02. The van der Waals surface area contributed by atoms with Gasteiger partial charge in [-0.3, -0.25) is 4.79 Å². The fourth-order valence-electron chi connectivity index (χ4n) is 2.04. The monoisotopic (exact) mass is 348 g/mol. The first-order chi connectivity index (χ1) is 12.0. The number of hydrogen-bond acceptors (Lipinski definition) is 5. The number of nitrogens with zero attached hydrogens (tertiary/aromatic N) is 2. The van der Waals surface area contributed by atoms with Gasteiger partial charge in [0.05, 0.1) is 30.9 Å². The maximum absolute atomic E-state index is 13.1. The Bertz CT molecular complexity index is 764. The molecule has 0 radical (unpaired) electrons. The number of halogens is 2. The lowest BCUT2D eigenvalue weighted by Gasteiger charge is -2.20. The summed E-state index contributed by atoms with van der Waals surface area (Å²) >= 11 is 0. The number of nitriles is 1. The van der Waals surface area contributed by atoms with Gasteiger partial charge >= 0.3 is 5.97 Å². The van der Waals surface area contributed by atoms with Crippen LogP contribution in [-0.4, -0.2) is 29.9 Å². The first-order valence-electron chi connectivity index (χ1n) is 7.30. The second kappa shape index (κ2) is 8.59. The molecular formula is C17H14F2N2O4. The third-order valence-corrected chi connectivity index (χ3v) is 3.20. The number of esters is 1. The molecule has 1 heterocycles. The van der Waals surface area contributed by atoms with Gasteiger partial charge in [-0.05, 0) is 24.3 Å². The van der Waals surface area contributed by atoms with Crippen molar-refractivity contribution in [2.75, 3.05) is 13.2 Å². The van der Waals surface area contributed by atoms with Gasteiger partial charge < -0.3 is 14.1 Å². The van der Waals surface area contributed by atoms with Crippen LogP contribution >= 0.6 is 0 Å². The van der Waals surface area contributed by atoms with E-state index in [2.05, 4.69) is 0 Å². The quantitative estimate of drug-likeness (QED) is 0.718. The van der Waals surface area contributed by atoms with Crippen molar-refractivity contribution in [3.63, 3.8) is 0 Å². The standard InChI is InChI=1S/C17H14F2N2O4/c18-13-7-12(8-14(19)9-13)17(23)25-11-16(22)21(5-2-4-20)10-15-3-1-6-24-15/h1,3,6-9H,2,5,10-11H2. The molecule has 0 atom stereocenters. The fourth-order valence-corrected chi connectivity index (χ4v) is 2.04. The summed E-state index contributed by atoms with van der Waals surface area (Å²) in [6.07, 6.45) is 1.54. The zero-order valence-corrected chi connectivity index (χ0v) is 13.1. The van der Waals surface area contributed by atoms with Crippen LogP contribution in [0.25, 0.3) is 0 Å². The molecule has 0 N–H and O–H groups in total. The van der Waals surface area contributed by atoms with Gasteiger partial charge in [-0.1, -0.05) is 0 Å². The number of ether oxygens (including phenoxy) is 1. The van der Waals surface area contributed by atoms with Crippen molar-refractivity contribution in [2.24, 2.45) is 0 Å². The third-order valence-electron chi connectivity index (χ3n) is 3.20. The van der Waals surface area contributed by atoms with Crippen molar-refractivity contribution in [3.05, 3.63) is 59.6 Å². The van der Waals surface area contributed by atoms with Gasteiger partial charge in [0.1, 0.15) is 17.4 Å². The number of benzene rings is 1. The van der Waals surface area contributed by atoms with Crippen LogP contribution in [0, 0.1) is 23.0 Å². The van der Waals surface area contributed by atoms with Gasteiger partial charge in [-0.25, -0.2) is 13.6 Å². The van der Waals surface area contributed by atoms with Gasteiger partial charge in [-0.15, -0.1) is 0 Å². The Morgan fingerprint density at radius 1 is 1.24 bits per heavy atom. The molecule has 0 saturated carbocycles. The Balaban J connectivity index is 1.97. The van der Waals surface area contributed by atoms with Crippen molar-refractivity contribution in [2.45, 2.75) is 13.0 Å². The number of carbonyl (C=O) groups excluding carboxylic acids is 2. The Hall–Kier alpha value is -3.21. The average Bonchev–Trinajstić information content (AvgIpc) is 3.08. The maximum Gasteiger partial charge on any atom is 0.338 e. The van der Waals surface area contributed by atoms with Gasteiger partial charge in [-0.2, -0.15) is 5.26 Å². The van der Waals surface area contributed by atoms with Crippen LogP contribution in [0.2, 0.25) is 0 Å². The maximum atomic E-state index is 13.1. The van der Waals surface area contributed by atoms with Crippen LogP contribution in [0.15, 0.2) is 41.0 Å². The highest BCUT2D eigenvalue weighted by Gasteiger charge is 2.18. The second-order valence-electron chi connectivity index (χ2n) is 5.04. The smallest absolute Gasteiger partial charge is 0.338 e. The minimum Gasteiger partial charge on any atom is -0.467 e. The first-order valence-corrected chi connectivity index (χ1v) is 7.30. The van der Waals surface area contributed by atoms with Crippen molar-refractivity contribution in [3.8, 4) is 6.07 Å². The predicted molar refractivity (Wildman–Crippen MR) is 81.0 cm³/mol. The molecule has 130 valence electrons. The van der Waals surface area contributed by atoms with Crippen molar-refractivity contribution in [1.29, 1.82) is 5.26 Å². The number of carbonyl (C=O) groups is 2. The van der Waals surface area contributed by atoms with E-state index in [0.29, 0.717) is 11.8 Å². The lowest BCUT2D eigenvalue weighted by molar-refractivity contribution is -0.135. The number of furan rings is 1. The molecule has 0 bridgehead atoms. The van der Waals surface area contributed by atoms with E-state index >= 15 is 0 Å². The van der Waals surface area contributed by atoms with E-state index in [0.717, 1.165) is 12.1 Å². The highest BCUT2D eigenvalue weighted by atomic mass is 19.1. The summed E-state index contributed by atoms with van der Waals surface area (Å²) in [5.74, 6) is -2.93. The third kappa shape index (κ3) is 5.42. The molecule has 2 rings (SSSR count). The molecule has 0 aliphatic heterocycles. The molecule has 0 spiro atoms. The van der Waals surface area contributed by atoms with E-state index < -0.39 is 30.1 Å². The SMILES string of the molecule is N#CCCN(Cc1ccco1)C(=O)COC(=O)c1cc(F)cc(F)c1. The molecular weight excluding hydrogens is 334 g/mol. The topological polar surface area (TPSA) is 83.5 Å². The summed E-state index contributed by atoms with van der Waals surface area (Å²) < 4.78 is 36.2. The molecule has 1 amide bonds. The molecule has 0 aliphatic rings. The molecule has 1 aromatic heterocycles. The molecule has 0 fully saturated rings. The highest BCUT2D eigenvalue weighted by Crippen LogP contribution is 2.10. The van der Waals surface area contributed by atoms with E-state index in [-0.39, 0.29) is 25.1 Å².